The summed E-state index contributed by atoms with van der Waals surface area (Å²) >= 11 is 0. The number of nitriles is 1. The molecule has 0 aliphatic rings. The lowest BCUT2D eigenvalue weighted by Crippen LogP contribution is -1.98. The van der Waals surface area contributed by atoms with Gasteiger partial charge in [-0.2, -0.15) is 5.26 Å². The van der Waals surface area contributed by atoms with Crippen LogP contribution in [-0.4, -0.2) is 19.1 Å². The number of rotatable bonds is 5. The molecule has 7 aromatic carbocycles. The third kappa shape index (κ3) is 4.70. The first-order chi connectivity index (χ1) is 25.7. The molecule has 5 nitrogen and oxygen atoms in total. The van der Waals surface area contributed by atoms with Crippen molar-refractivity contribution < 1.29 is 0 Å². The Kier molecular flexibility index (Phi) is 6.80. The molecule has 0 amide bonds. The highest BCUT2D eigenvalue weighted by Crippen LogP contribution is 2.42. The lowest BCUT2D eigenvalue weighted by atomic mass is 10.1. The average molecular weight is 664 g/mol. The summed E-state index contributed by atoms with van der Waals surface area (Å²) in [6.07, 6.45) is 0. The number of benzene rings is 7. The zero-order valence-electron chi connectivity index (χ0n) is 28.0. The van der Waals surface area contributed by atoms with E-state index in [1.807, 2.05) is 54.6 Å². The van der Waals surface area contributed by atoms with Gasteiger partial charge in [0.1, 0.15) is 0 Å². The lowest BCUT2D eigenvalue weighted by Gasteiger charge is -2.13. The van der Waals surface area contributed by atoms with E-state index in [0.717, 1.165) is 72.3 Å². The fourth-order valence-corrected chi connectivity index (χ4v) is 7.64. The Balaban J connectivity index is 1.25. The smallest absolute Gasteiger partial charge is 0.160 e. The van der Waals surface area contributed by atoms with Crippen LogP contribution in [0, 0.1) is 11.3 Å². The van der Waals surface area contributed by atoms with Crippen LogP contribution in [0.1, 0.15) is 5.56 Å². The van der Waals surface area contributed by atoms with Crippen molar-refractivity contribution in [2.45, 2.75) is 0 Å². The van der Waals surface area contributed by atoms with Crippen LogP contribution in [0.5, 0.6) is 0 Å². The van der Waals surface area contributed by atoms with Crippen molar-refractivity contribution in [1.82, 2.24) is 19.1 Å². The zero-order chi connectivity index (χ0) is 34.6. The molecule has 0 atom stereocenters. The molecule has 0 N–H and O–H groups in total. The van der Waals surface area contributed by atoms with Crippen LogP contribution in [0.3, 0.4) is 0 Å². The second-order valence-electron chi connectivity index (χ2n) is 13.0. The van der Waals surface area contributed by atoms with Gasteiger partial charge in [-0.3, -0.25) is 0 Å². The quantitative estimate of drug-likeness (QED) is 0.184. The van der Waals surface area contributed by atoms with E-state index in [-0.39, 0.29) is 0 Å². The maximum Gasteiger partial charge on any atom is 0.160 e. The van der Waals surface area contributed by atoms with Crippen molar-refractivity contribution in [3.05, 3.63) is 181 Å². The summed E-state index contributed by atoms with van der Waals surface area (Å²) in [6.45, 7) is 0. The Bertz CT molecular complexity index is 2960. The normalized spacial score (nSPS) is 11.4. The van der Waals surface area contributed by atoms with E-state index in [1.54, 1.807) is 0 Å². The summed E-state index contributed by atoms with van der Waals surface area (Å²) in [5, 5.41) is 14.4. The number of hydrogen-bond acceptors (Lipinski definition) is 3. The highest BCUT2D eigenvalue weighted by Gasteiger charge is 2.21. The predicted molar refractivity (Wildman–Crippen MR) is 212 cm³/mol. The third-order valence-corrected chi connectivity index (χ3v) is 9.93. The van der Waals surface area contributed by atoms with Gasteiger partial charge in [0.2, 0.25) is 0 Å². The molecule has 3 aromatic heterocycles. The van der Waals surface area contributed by atoms with E-state index < -0.39 is 0 Å². The summed E-state index contributed by atoms with van der Waals surface area (Å²) in [4.78, 5) is 10.2. The molecule has 0 aliphatic carbocycles. The molecule has 3 heterocycles. The summed E-state index contributed by atoms with van der Waals surface area (Å²) < 4.78 is 4.68. The third-order valence-electron chi connectivity index (χ3n) is 9.93. The van der Waals surface area contributed by atoms with Gasteiger partial charge in [-0.05, 0) is 54.6 Å². The molecule has 0 saturated heterocycles. The van der Waals surface area contributed by atoms with Gasteiger partial charge in [-0.15, -0.1) is 0 Å². The Morgan fingerprint density at radius 3 is 1.77 bits per heavy atom. The summed E-state index contributed by atoms with van der Waals surface area (Å²) in [5.74, 6) is 0.689. The summed E-state index contributed by atoms with van der Waals surface area (Å²) in [7, 11) is 0. The van der Waals surface area contributed by atoms with E-state index in [4.69, 9.17) is 9.97 Å². The van der Waals surface area contributed by atoms with Crippen LogP contribution in [0.4, 0.5) is 0 Å². The largest absolute Gasteiger partial charge is 0.309 e. The molecular weight excluding hydrogens is 635 g/mol. The van der Waals surface area contributed by atoms with Crippen LogP contribution in [0.2, 0.25) is 0 Å². The molecule has 0 saturated carbocycles. The molecule has 10 rings (SSSR count). The zero-order valence-corrected chi connectivity index (χ0v) is 28.0. The molecule has 0 fully saturated rings. The predicted octanol–water partition coefficient (Wildman–Crippen LogP) is 11.5. The molecule has 242 valence electrons. The molecule has 0 aliphatic heterocycles. The number of nitrogens with zero attached hydrogens (tertiary/aromatic N) is 5. The topological polar surface area (TPSA) is 59.4 Å². The van der Waals surface area contributed by atoms with Crippen LogP contribution in [-0.2, 0) is 0 Å². The molecular formula is C47H29N5. The minimum absolute atomic E-state index is 0.631. The molecule has 0 bridgehead atoms. The van der Waals surface area contributed by atoms with Crippen molar-refractivity contribution in [2.24, 2.45) is 0 Å². The van der Waals surface area contributed by atoms with Gasteiger partial charge in [-0.1, -0.05) is 121 Å². The maximum atomic E-state index is 9.75. The molecule has 10 aromatic rings. The second-order valence-corrected chi connectivity index (χ2v) is 13.0. The van der Waals surface area contributed by atoms with Crippen molar-refractivity contribution in [3.63, 3.8) is 0 Å². The summed E-state index contributed by atoms with van der Waals surface area (Å²) in [6, 6.07) is 63.0. The SMILES string of the molecule is N#Cc1cccc(-n2c3ccccc3c3c2ccc2c4ccccc4n(-c4cccc(-c5cc(-c6ccccc6)nc(-c6ccccc6)n5)c4)c23)c1. The highest BCUT2D eigenvalue weighted by molar-refractivity contribution is 6.26. The maximum absolute atomic E-state index is 9.75. The van der Waals surface area contributed by atoms with Gasteiger partial charge in [0.15, 0.2) is 5.82 Å². The van der Waals surface area contributed by atoms with Crippen LogP contribution in [0.15, 0.2) is 176 Å². The van der Waals surface area contributed by atoms with Crippen molar-refractivity contribution in [2.75, 3.05) is 0 Å². The van der Waals surface area contributed by atoms with Gasteiger partial charge in [0.25, 0.3) is 0 Å². The monoisotopic (exact) mass is 663 g/mol. The van der Waals surface area contributed by atoms with Crippen molar-refractivity contribution in [1.29, 1.82) is 5.26 Å². The Hall–Kier alpha value is -7.29. The van der Waals surface area contributed by atoms with Crippen LogP contribution >= 0.6 is 0 Å². The van der Waals surface area contributed by atoms with Crippen molar-refractivity contribution >= 4 is 43.6 Å². The van der Waals surface area contributed by atoms with Gasteiger partial charge >= 0.3 is 0 Å². The fraction of sp³-hybridized carbons (Fsp3) is 0. The molecule has 5 heteroatoms. The number of hydrogen-bond donors (Lipinski definition) is 0. The molecule has 0 radical (unpaired) electrons. The van der Waals surface area contributed by atoms with Crippen LogP contribution in [0.25, 0.3) is 88.9 Å². The minimum atomic E-state index is 0.631. The Morgan fingerprint density at radius 1 is 0.423 bits per heavy atom. The second kappa shape index (κ2) is 11.9. The Labute approximate surface area is 299 Å². The number of para-hydroxylation sites is 2. The van der Waals surface area contributed by atoms with E-state index in [2.05, 4.69) is 137 Å². The average Bonchev–Trinajstić information content (AvgIpc) is 3.74. The molecule has 0 unspecified atom stereocenters. The number of fused-ring (bicyclic) bond motifs is 7. The first-order valence-corrected chi connectivity index (χ1v) is 17.3. The molecule has 0 spiro atoms. The van der Waals surface area contributed by atoms with E-state index in [0.29, 0.717) is 11.4 Å². The van der Waals surface area contributed by atoms with Gasteiger partial charge in [0, 0.05) is 49.6 Å². The number of aromatic nitrogens is 4. The van der Waals surface area contributed by atoms with E-state index >= 15 is 0 Å². The first kappa shape index (κ1) is 29.6. The van der Waals surface area contributed by atoms with E-state index in [9.17, 15) is 5.26 Å². The first-order valence-electron chi connectivity index (χ1n) is 17.3. The van der Waals surface area contributed by atoms with Gasteiger partial charge in [0.05, 0.1) is 45.1 Å². The minimum Gasteiger partial charge on any atom is -0.309 e. The van der Waals surface area contributed by atoms with Gasteiger partial charge < -0.3 is 9.13 Å². The summed E-state index contributed by atoms with van der Waals surface area (Å²) in [5.41, 5.74) is 11.8. The lowest BCUT2D eigenvalue weighted by molar-refractivity contribution is 1.16. The van der Waals surface area contributed by atoms with Crippen molar-refractivity contribution in [3.8, 4) is 51.3 Å². The van der Waals surface area contributed by atoms with E-state index in [1.165, 1.54) is 10.8 Å². The van der Waals surface area contributed by atoms with Crippen LogP contribution < -0.4 is 0 Å². The highest BCUT2D eigenvalue weighted by atomic mass is 15.0. The standard InChI is InChI=1S/C47H29N5/c48-30-31-13-11-19-35(27-31)51-43-24-10-8-22-39(43)45-44(51)26-25-38-37-21-7-9-23-42(37)52(46(38)45)36-20-12-18-34(28-36)41-29-40(32-14-3-1-4-15-32)49-47(50-41)33-16-5-2-6-17-33/h1-29H. The fourth-order valence-electron chi connectivity index (χ4n) is 7.64. The Morgan fingerprint density at radius 2 is 1.02 bits per heavy atom. The van der Waals surface area contributed by atoms with Gasteiger partial charge in [-0.25, -0.2) is 9.97 Å². The molecule has 52 heavy (non-hydrogen) atoms.